The van der Waals surface area contributed by atoms with E-state index >= 15 is 0 Å². The number of alkyl halides is 3. The lowest BCUT2D eigenvalue weighted by Crippen LogP contribution is -2.31. The zero-order chi connectivity index (χ0) is 17.9. The van der Waals surface area contributed by atoms with Gasteiger partial charge in [-0.3, -0.25) is 9.78 Å². The van der Waals surface area contributed by atoms with Gasteiger partial charge in [0.1, 0.15) is 6.54 Å². The Morgan fingerprint density at radius 1 is 1.12 bits per heavy atom. The molecule has 0 bridgehead atoms. The fourth-order valence-corrected chi connectivity index (χ4v) is 2.53. The van der Waals surface area contributed by atoms with Crippen LogP contribution in [0.15, 0.2) is 48.7 Å². The van der Waals surface area contributed by atoms with Crippen molar-refractivity contribution in [1.82, 2.24) is 19.9 Å². The van der Waals surface area contributed by atoms with Crippen LogP contribution in [0.25, 0.3) is 11.0 Å². The lowest BCUT2D eigenvalue weighted by Gasteiger charge is -2.11. The summed E-state index contributed by atoms with van der Waals surface area (Å²) < 4.78 is 40.5. The molecule has 0 saturated carbocycles. The number of para-hydroxylation sites is 2. The second kappa shape index (κ2) is 6.92. The number of imidazole rings is 1. The number of fused-ring (bicyclic) bond motifs is 1. The van der Waals surface area contributed by atoms with Crippen molar-refractivity contribution in [2.75, 3.05) is 6.54 Å². The van der Waals surface area contributed by atoms with Crippen LogP contribution in [0.4, 0.5) is 13.2 Å². The molecule has 0 atom stereocenters. The quantitative estimate of drug-likeness (QED) is 0.771. The van der Waals surface area contributed by atoms with Gasteiger partial charge in [0.2, 0.25) is 11.7 Å². The molecule has 25 heavy (non-hydrogen) atoms. The van der Waals surface area contributed by atoms with Crippen LogP contribution < -0.4 is 5.32 Å². The van der Waals surface area contributed by atoms with Gasteiger partial charge in [-0.05, 0) is 24.3 Å². The largest absolute Gasteiger partial charge is 0.449 e. The number of rotatable bonds is 5. The molecule has 0 radical (unpaired) electrons. The smallest absolute Gasteiger partial charge is 0.354 e. The number of carbonyl (C=O) groups excluding carboxylic acids is 1. The van der Waals surface area contributed by atoms with Gasteiger partial charge in [0, 0.05) is 24.9 Å². The van der Waals surface area contributed by atoms with Gasteiger partial charge in [-0.1, -0.05) is 18.2 Å². The minimum Gasteiger partial charge on any atom is -0.354 e. The zero-order valence-electron chi connectivity index (χ0n) is 13.1. The van der Waals surface area contributed by atoms with Crippen LogP contribution in [0.2, 0.25) is 0 Å². The summed E-state index contributed by atoms with van der Waals surface area (Å²) in [7, 11) is 0. The summed E-state index contributed by atoms with van der Waals surface area (Å²) in [6, 6.07) is 11.6. The summed E-state index contributed by atoms with van der Waals surface area (Å²) in [5, 5.41) is 2.62. The van der Waals surface area contributed by atoms with Crippen LogP contribution >= 0.6 is 0 Å². The molecule has 0 fully saturated rings. The van der Waals surface area contributed by atoms with Crippen molar-refractivity contribution in [3.8, 4) is 0 Å². The summed E-state index contributed by atoms with van der Waals surface area (Å²) in [5.74, 6) is -1.59. The Bertz CT molecular complexity index is 874. The highest BCUT2D eigenvalue weighted by Crippen LogP contribution is 2.31. The van der Waals surface area contributed by atoms with E-state index in [1.165, 1.54) is 12.1 Å². The number of nitrogens with one attached hydrogen (secondary N) is 1. The molecule has 0 aliphatic rings. The van der Waals surface area contributed by atoms with Crippen molar-refractivity contribution < 1.29 is 18.0 Å². The molecule has 3 rings (SSSR count). The summed E-state index contributed by atoms with van der Waals surface area (Å²) >= 11 is 0. The summed E-state index contributed by atoms with van der Waals surface area (Å²) in [5.41, 5.74) is 1.28. The van der Waals surface area contributed by atoms with Crippen molar-refractivity contribution >= 4 is 16.9 Å². The second-order valence-corrected chi connectivity index (χ2v) is 5.43. The minimum absolute atomic E-state index is 0.205. The van der Waals surface area contributed by atoms with Crippen LogP contribution in [0.1, 0.15) is 11.5 Å². The lowest BCUT2D eigenvalue weighted by molar-refractivity contribution is -0.147. The highest BCUT2D eigenvalue weighted by atomic mass is 19.4. The van der Waals surface area contributed by atoms with E-state index in [2.05, 4.69) is 15.3 Å². The number of amides is 1. The third kappa shape index (κ3) is 3.96. The van der Waals surface area contributed by atoms with Gasteiger partial charge in [0.05, 0.1) is 11.0 Å². The molecule has 1 aromatic carbocycles. The average molecular weight is 348 g/mol. The van der Waals surface area contributed by atoms with Gasteiger partial charge in [-0.25, -0.2) is 4.98 Å². The summed E-state index contributed by atoms with van der Waals surface area (Å²) in [4.78, 5) is 19.8. The molecular weight excluding hydrogens is 333 g/mol. The van der Waals surface area contributed by atoms with E-state index in [4.69, 9.17) is 0 Å². The molecule has 0 unspecified atom stereocenters. The molecule has 0 saturated heterocycles. The van der Waals surface area contributed by atoms with Crippen LogP contribution in [-0.2, 0) is 23.9 Å². The predicted molar refractivity (Wildman–Crippen MR) is 85.7 cm³/mol. The first kappa shape index (κ1) is 16.9. The Morgan fingerprint density at radius 2 is 1.88 bits per heavy atom. The molecule has 0 spiro atoms. The Kier molecular flexibility index (Phi) is 4.69. The molecule has 3 aromatic rings. The molecular formula is C17H15F3N4O. The maximum atomic E-state index is 13.2. The highest BCUT2D eigenvalue weighted by molar-refractivity contribution is 5.81. The number of benzene rings is 1. The van der Waals surface area contributed by atoms with Gasteiger partial charge in [0.25, 0.3) is 0 Å². The number of aromatic nitrogens is 3. The van der Waals surface area contributed by atoms with Gasteiger partial charge in [-0.15, -0.1) is 0 Å². The van der Waals surface area contributed by atoms with Crippen LogP contribution in [0, 0.1) is 0 Å². The fourth-order valence-electron chi connectivity index (χ4n) is 2.53. The zero-order valence-corrected chi connectivity index (χ0v) is 13.1. The standard InChI is InChI=1S/C17H15F3N4O/c18-17(19,20)16-23-13-6-1-2-7-14(13)24(16)11-15(25)22-10-8-12-5-3-4-9-21-12/h1-7,9H,8,10-11H2,(H,22,25). The monoisotopic (exact) mass is 348 g/mol. The van der Waals surface area contributed by atoms with Crippen molar-refractivity contribution in [1.29, 1.82) is 0 Å². The number of hydrogen-bond donors (Lipinski definition) is 1. The Balaban J connectivity index is 1.72. The molecule has 2 heterocycles. The van der Waals surface area contributed by atoms with Crippen molar-refractivity contribution in [2.45, 2.75) is 19.1 Å². The van der Waals surface area contributed by atoms with E-state index in [0.717, 1.165) is 10.3 Å². The van der Waals surface area contributed by atoms with Crippen LogP contribution in [0.3, 0.4) is 0 Å². The summed E-state index contributed by atoms with van der Waals surface area (Å²) in [6.07, 6.45) is -2.49. The first-order valence-electron chi connectivity index (χ1n) is 7.64. The normalized spacial score (nSPS) is 11.6. The number of pyridine rings is 1. The molecule has 0 aliphatic heterocycles. The van der Waals surface area contributed by atoms with E-state index < -0.39 is 24.5 Å². The van der Waals surface area contributed by atoms with Crippen molar-refractivity contribution in [3.63, 3.8) is 0 Å². The van der Waals surface area contributed by atoms with Crippen molar-refractivity contribution in [2.24, 2.45) is 0 Å². The SMILES string of the molecule is O=C(Cn1c(C(F)(F)F)nc2ccccc21)NCCc1ccccn1. The Morgan fingerprint density at radius 3 is 2.60 bits per heavy atom. The van der Waals surface area contributed by atoms with Gasteiger partial charge in [-0.2, -0.15) is 13.2 Å². The second-order valence-electron chi connectivity index (χ2n) is 5.43. The molecule has 130 valence electrons. The predicted octanol–water partition coefficient (Wildman–Crippen LogP) is 2.81. The Labute approximate surface area is 141 Å². The topological polar surface area (TPSA) is 59.8 Å². The number of halogens is 3. The molecule has 5 nitrogen and oxygen atoms in total. The molecule has 1 amide bonds. The number of nitrogens with zero attached hydrogens (tertiary/aromatic N) is 3. The first-order valence-corrected chi connectivity index (χ1v) is 7.64. The van der Waals surface area contributed by atoms with E-state index in [1.54, 1.807) is 24.4 Å². The van der Waals surface area contributed by atoms with Crippen molar-refractivity contribution in [3.05, 3.63) is 60.2 Å². The molecule has 1 N–H and O–H groups in total. The van der Waals surface area contributed by atoms with Crippen LogP contribution in [-0.4, -0.2) is 27.0 Å². The third-order valence-electron chi connectivity index (χ3n) is 3.64. The Hall–Kier alpha value is -2.90. The maximum absolute atomic E-state index is 13.2. The van der Waals surface area contributed by atoms with E-state index in [-0.39, 0.29) is 11.0 Å². The molecule has 0 aliphatic carbocycles. The minimum atomic E-state index is -4.63. The highest BCUT2D eigenvalue weighted by Gasteiger charge is 2.37. The van der Waals surface area contributed by atoms with E-state index in [9.17, 15) is 18.0 Å². The third-order valence-corrected chi connectivity index (χ3v) is 3.64. The fraction of sp³-hybridized carbons (Fsp3) is 0.235. The van der Waals surface area contributed by atoms with Gasteiger partial charge in [0.15, 0.2) is 0 Å². The summed E-state index contributed by atoms with van der Waals surface area (Å²) in [6.45, 7) is -0.151. The number of hydrogen-bond acceptors (Lipinski definition) is 3. The van der Waals surface area contributed by atoms with E-state index in [1.807, 2.05) is 12.1 Å². The molecule has 8 heteroatoms. The van der Waals surface area contributed by atoms with Gasteiger partial charge < -0.3 is 9.88 Å². The molecule has 2 aromatic heterocycles. The number of carbonyl (C=O) groups is 1. The maximum Gasteiger partial charge on any atom is 0.449 e. The van der Waals surface area contributed by atoms with Crippen LogP contribution in [0.5, 0.6) is 0 Å². The average Bonchev–Trinajstić information content (AvgIpc) is 2.95. The van der Waals surface area contributed by atoms with E-state index in [0.29, 0.717) is 13.0 Å². The van der Waals surface area contributed by atoms with Gasteiger partial charge >= 0.3 is 6.18 Å². The lowest BCUT2D eigenvalue weighted by atomic mass is 10.3. The first-order chi connectivity index (χ1) is 11.9.